The van der Waals surface area contributed by atoms with Gasteiger partial charge in [-0.2, -0.15) is 8.78 Å². The first-order valence-electron chi connectivity index (χ1n) is 10.3. The first-order valence-corrected chi connectivity index (χ1v) is 10.3. The van der Waals surface area contributed by atoms with Crippen LogP contribution in [0.5, 0.6) is 5.75 Å². The summed E-state index contributed by atoms with van der Waals surface area (Å²) in [5, 5.41) is 0. The van der Waals surface area contributed by atoms with Crippen LogP contribution in [0.1, 0.15) is 68.9 Å². The molecule has 0 atom stereocenters. The van der Waals surface area contributed by atoms with Gasteiger partial charge in [0.05, 0.1) is 0 Å². The minimum absolute atomic E-state index is 0.134. The van der Waals surface area contributed by atoms with Gasteiger partial charge in [-0.25, -0.2) is 22.0 Å². The monoisotopic (exact) mass is 448 g/mol. The molecule has 0 N–H and O–H groups in total. The van der Waals surface area contributed by atoms with E-state index in [1.165, 1.54) is 0 Å². The van der Waals surface area contributed by atoms with Crippen molar-refractivity contribution in [1.82, 2.24) is 0 Å². The van der Waals surface area contributed by atoms with Gasteiger partial charge in [0.15, 0.2) is 17.5 Å². The fourth-order valence-corrected chi connectivity index (χ4v) is 4.17. The Morgan fingerprint density at radius 2 is 1.39 bits per heavy atom. The Bertz CT molecular complexity index is 874. The molecule has 0 heterocycles. The lowest BCUT2D eigenvalue weighted by Gasteiger charge is -2.29. The van der Waals surface area contributed by atoms with E-state index >= 15 is 0 Å². The van der Waals surface area contributed by atoms with Gasteiger partial charge in [0.25, 0.3) is 0 Å². The second kappa shape index (κ2) is 9.49. The average molecular weight is 448 g/mol. The molecule has 31 heavy (non-hydrogen) atoms. The van der Waals surface area contributed by atoms with E-state index in [-0.39, 0.29) is 18.1 Å². The van der Waals surface area contributed by atoms with Crippen molar-refractivity contribution in [3.05, 3.63) is 64.5 Å². The fourth-order valence-electron chi connectivity index (χ4n) is 4.17. The molecule has 1 saturated carbocycles. The highest BCUT2D eigenvalue weighted by Crippen LogP contribution is 2.41. The molecule has 8 heteroatoms. The van der Waals surface area contributed by atoms with E-state index in [1.807, 2.05) is 0 Å². The Balaban J connectivity index is 1.78. The largest absolute Gasteiger partial charge is 0.432 e. The van der Waals surface area contributed by atoms with Crippen LogP contribution in [0.25, 0.3) is 0 Å². The smallest absolute Gasteiger partial charge is 0.429 e. The molecule has 0 radical (unpaired) electrons. The van der Waals surface area contributed by atoms with Crippen molar-refractivity contribution in [2.24, 2.45) is 5.92 Å². The molecule has 0 unspecified atom stereocenters. The molecule has 1 aliphatic carbocycles. The number of halogens is 7. The summed E-state index contributed by atoms with van der Waals surface area (Å²) < 4.78 is 102. The molecule has 1 aliphatic rings. The lowest BCUT2D eigenvalue weighted by atomic mass is 9.77. The number of alkyl halides is 2. The van der Waals surface area contributed by atoms with Crippen molar-refractivity contribution in [2.45, 2.75) is 63.9 Å². The molecule has 2 aromatic carbocycles. The predicted molar refractivity (Wildman–Crippen MR) is 101 cm³/mol. The zero-order valence-corrected chi connectivity index (χ0v) is 17.0. The van der Waals surface area contributed by atoms with E-state index in [0.29, 0.717) is 24.3 Å². The van der Waals surface area contributed by atoms with Crippen LogP contribution in [0.2, 0.25) is 0 Å². The minimum atomic E-state index is -4.57. The maximum atomic E-state index is 14.5. The molecular formula is C23H23F7O. The molecule has 0 aliphatic heterocycles. The van der Waals surface area contributed by atoms with Gasteiger partial charge in [0.1, 0.15) is 22.9 Å². The van der Waals surface area contributed by atoms with E-state index in [2.05, 4.69) is 11.7 Å². The lowest BCUT2D eigenvalue weighted by Crippen LogP contribution is -2.26. The quantitative estimate of drug-likeness (QED) is 0.308. The van der Waals surface area contributed by atoms with Crippen molar-refractivity contribution in [2.75, 3.05) is 0 Å². The summed E-state index contributed by atoms with van der Waals surface area (Å²) >= 11 is 0. The number of benzene rings is 2. The Kier molecular flexibility index (Phi) is 7.17. The topological polar surface area (TPSA) is 9.23 Å². The van der Waals surface area contributed by atoms with Crippen LogP contribution >= 0.6 is 0 Å². The number of ether oxygens (including phenoxy) is 1. The zero-order chi connectivity index (χ0) is 22.8. The van der Waals surface area contributed by atoms with Crippen LogP contribution in [0.15, 0.2) is 24.3 Å². The second-order valence-electron chi connectivity index (χ2n) is 8.04. The Labute approximate surface area is 176 Å². The van der Waals surface area contributed by atoms with Crippen LogP contribution < -0.4 is 4.74 Å². The van der Waals surface area contributed by atoms with Crippen LogP contribution in [0, 0.1) is 35.0 Å². The fraction of sp³-hybridized carbons (Fsp3) is 0.478. The van der Waals surface area contributed by atoms with E-state index in [4.69, 9.17) is 0 Å². The third kappa shape index (κ3) is 5.33. The van der Waals surface area contributed by atoms with Gasteiger partial charge in [0.2, 0.25) is 0 Å². The highest BCUT2D eigenvalue weighted by atomic mass is 19.3. The Morgan fingerprint density at radius 3 is 1.90 bits per heavy atom. The SMILES string of the molecule is CCCC[C@H]1CC[C@H](c2cc(F)c(C(F)(F)Oc3cc(F)c(F)c(F)c3)c(F)c2)CC1. The van der Waals surface area contributed by atoms with E-state index in [1.54, 1.807) is 0 Å². The van der Waals surface area contributed by atoms with Gasteiger partial charge in [0, 0.05) is 12.1 Å². The Hall–Kier alpha value is -2.25. The molecule has 0 amide bonds. The summed E-state index contributed by atoms with van der Waals surface area (Å²) in [7, 11) is 0. The van der Waals surface area contributed by atoms with Crippen LogP contribution in [0.4, 0.5) is 30.7 Å². The minimum Gasteiger partial charge on any atom is -0.429 e. The third-order valence-corrected chi connectivity index (χ3v) is 5.84. The van der Waals surface area contributed by atoms with Gasteiger partial charge in [-0.05, 0) is 55.2 Å². The maximum Gasteiger partial charge on any atom is 0.432 e. The van der Waals surface area contributed by atoms with E-state index in [0.717, 1.165) is 44.2 Å². The van der Waals surface area contributed by atoms with Crippen molar-refractivity contribution < 1.29 is 35.5 Å². The van der Waals surface area contributed by atoms with E-state index < -0.39 is 46.5 Å². The summed E-state index contributed by atoms with van der Waals surface area (Å²) in [6, 6.07) is 2.07. The summed E-state index contributed by atoms with van der Waals surface area (Å²) in [5.74, 6) is -9.11. The predicted octanol–water partition coefficient (Wildman–Crippen LogP) is 7.97. The van der Waals surface area contributed by atoms with Gasteiger partial charge < -0.3 is 4.74 Å². The summed E-state index contributed by atoms with van der Waals surface area (Å²) in [6.45, 7) is 2.11. The normalized spacial score (nSPS) is 19.5. The summed E-state index contributed by atoms with van der Waals surface area (Å²) in [6.07, 6.45) is 2.03. The molecule has 0 spiro atoms. The molecule has 170 valence electrons. The van der Waals surface area contributed by atoms with Crippen LogP contribution in [-0.2, 0) is 6.11 Å². The molecule has 1 nitrogen and oxygen atoms in total. The van der Waals surface area contributed by atoms with Crippen molar-refractivity contribution in [1.29, 1.82) is 0 Å². The number of hydrogen-bond acceptors (Lipinski definition) is 1. The summed E-state index contributed by atoms with van der Waals surface area (Å²) in [4.78, 5) is 0. The number of unbranched alkanes of at least 4 members (excludes halogenated alkanes) is 1. The maximum absolute atomic E-state index is 14.5. The van der Waals surface area contributed by atoms with Gasteiger partial charge in [-0.15, -0.1) is 0 Å². The highest BCUT2D eigenvalue weighted by molar-refractivity contribution is 5.33. The number of hydrogen-bond donors (Lipinski definition) is 0. The van der Waals surface area contributed by atoms with E-state index in [9.17, 15) is 30.7 Å². The molecular weight excluding hydrogens is 425 g/mol. The Morgan fingerprint density at radius 1 is 0.839 bits per heavy atom. The van der Waals surface area contributed by atoms with Gasteiger partial charge in [-0.1, -0.05) is 26.2 Å². The van der Waals surface area contributed by atoms with Gasteiger partial charge in [-0.3, -0.25) is 0 Å². The molecule has 3 rings (SSSR count). The molecule has 1 fully saturated rings. The molecule has 0 bridgehead atoms. The van der Waals surface area contributed by atoms with Crippen LogP contribution in [0.3, 0.4) is 0 Å². The van der Waals surface area contributed by atoms with Crippen molar-refractivity contribution in [3.63, 3.8) is 0 Å². The lowest BCUT2D eigenvalue weighted by molar-refractivity contribution is -0.189. The first-order chi connectivity index (χ1) is 14.6. The second-order valence-corrected chi connectivity index (χ2v) is 8.04. The molecule has 2 aromatic rings. The van der Waals surface area contributed by atoms with Crippen molar-refractivity contribution in [3.8, 4) is 5.75 Å². The molecule has 0 saturated heterocycles. The van der Waals surface area contributed by atoms with Gasteiger partial charge >= 0.3 is 6.11 Å². The zero-order valence-electron chi connectivity index (χ0n) is 17.0. The average Bonchev–Trinajstić information content (AvgIpc) is 2.69. The third-order valence-electron chi connectivity index (χ3n) is 5.84. The first kappa shape index (κ1) is 23.4. The molecule has 0 aromatic heterocycles. The van der Waals surface area contributed by atoms with Crippen LogP contribution in [-0.4, -0.2) is 0 Å². The van der Waals surface area contributed by atoms with Crippen molar-refractivity contribution >= 4 is 0 Å². The summed E-state index contributed by atoms with van der Waals surface area (Å²) in [5.41, 5.74) is -1.37. The highest BCUT2D eigenvalue weighted by Gasteiger charge is 2.42. The number of rotatable bonds is 7. The standard InChI is InChI=1S/C23H23F7O/c1-2-3-4-13-5-7-14(8-6-13)15-9-17(24)21(18(25)10-15)23(29,30)31-16-11-19(26)22(28)20(27)12-16/h9-14H,2-8H2,1H3/t13-,14-.